The van der Waals surface area contributed by atoms with Crippen LogP contribution in [0, 0.1) is 5.82 Å². The molecule has 32 heavy (non-hydrogen) atoms. The van der Waals surface area contributed by atoms with Crippen LogP contribution in [0.25, 0.3) is 11.3 Å². The number of aromatic amines is 1. The third-order valence-corrected chi connectivity index (χ3v) is 6.04. The highest BCUT2D eigenvalue weighted by molar-refractivity contribution is 9.10. The number of aromatic nitrogens is 2. The van der Waals surface area contributed by atoms with E-state index in [4.69, 9.17) is 4.74 Å². The van der Waals surface area contributed by atoms with Crippen LogP contribution < -0.4 is 9.64 Å². The maximum absolute atomic E-state index is 15.0. The fraction of sp³-hybridized carbons (Fsp3) is 0.120. The minimum atomic E-state index is -0.653. The number of carbonyl (C=O) groups excluding carboxylic acids is 1. The van der Waals surface area contributed by atoms with Crippen molar-refractivity contribution < 1.29 is 13.9 Å². The largest absolute Gasteiger partial charge is 0.494 e. The fourth-order valence-electron chi connectivity index (χ4n) is 4.10. The average molecular weight is 492 g/mol. The number of amides is 1. The van der Waals surface area contributed by atoms with Crippen molar-refractivity contribution in [3.63, 3.8) is 0 Å². The van der Waals surface area contributed by atoms with Gasteiger partial charge in [0, 0.05) is 26.9 Å². The topological polar surface area (TPSA) is 58.2 Å². The van der Waals surface area contributed by atoms with Crippen molar-refractivity contribution in [1.82, 2.24) is 10.2 Å². The molecule has 1 amide bonds. The van der Waals surface area contributed by atoms with E-state index in [0.717, 1.165) is 15.8 Å². The molecule has 5 rings (SSSR count). The maximum Gasteiger partial charge on any atom is 0.277 e. The number of anilines is 1. The zero-order chi connectivity index (χ0) is 22.2. The standard InChI is InChI=1S/C25H19BrFN3O2/c1-2-32-18-13-7-15(8-14-18)22-21-23(29-28-22)25(31)30(17-11-9-16(26)10-12-17)24(21)19-5-3-4-6-20(19)27/h3-14,24H,2H2,1H3,(H,28,29). The minimum Gasteiger partial charge on any atom is -0.494 e. The number of carbonyl (C=O) groups is 1. The van der Waals surface area contributed by atoms with Gasteiger partial charge in [0.25, 0.3) is 5.91 Å². The van der Waals surface area contributed by atoms with Crippen molar-refractivity contribution in [2.45, 2.75) is 13.0 Å². The Morgan fingerprint density at radius 1 is 1.06 bits per heavy atom. The van der Waals surface area contributed by atoms with Crippen LogP contribution in [0.4, 0.5) is 10.1 Å². The first kappa shape index (κ1) is 20.5. The molecule has 1 aromatic heterocycles. The molecule has 160 valence electrons. The molecule has 0 spiro atoms. The molecule has 1 atom stereocenters. The van der Waals surface area contributed by atoms with E-state index in [9.17, 15) is 4.79 Å². The van der Waals surface area contributed by atoms with E-state index in [1.807, 2.05) is 55.5 Å². The molecule has 1 unspecified atom stereocenters. The molecule has 0 saturated heterocycles. The molecule has 7 heteroatoms. The van der Waals surface area contributed by atoms with E-state index in [1.165, 1.54) is 6.07 Å². The van der Waals surface area contributed by atoms with Gasteiger partial charge in [0.2, 0.25) is 0 Å². The smallest absolute Gasteiger partial charge is 0.277 e. The Labute approximate surface area is 193 Å². The summed E-state index contributed by atoms with van der Waals surface area (Å²) in [6.45, 7) is 2.50. The van der Waals surface area contributed by atoms with Crippen molar-refractivity contribution in [1.29, 1.82) is 0 Å². The van der Waals surface area contributed by atoms with Crippen LogP contribution in [0.1, 0.15) is 34.6 Å². The minimum absolute atomic E-state index is 0.250. The highest BCUT2D eigenvalue weighted by Crippen LogP contribution is 2.45. The molecule has 0 fully saturated rings. The van der Waals surface area contributed by atoms with Crippen LogP contribution in [0.5, 0.6) is 5.75 Å². The van der Waals surface area contributed by atoms with Gasteiger partial charge in [-0.1, -0.05) is 34.1 Å². The van der Waals surface area contributed by atoms with E-state index in [0.29, 0.717) is 34.8 Å². The monoisotopic (exact) mass is 491 g/mol. The number of benzene rings is 3. The number of nitrogens with zero attached hydrogens (tertiary/aromatic N) is 2. The van der Waals surface area contributed by atoms with Crippen molar-refractivity contribution in [2.24, 2.45) is 0 Å². The summed E-state index contributed by atoms with van der Waals surface area (Å²) in [5.74, 6) is 0.126. The van der Waals surface area contributed by atoms with Crippen LogP contribution in [0.15, 0.2) is 77.3 Å². The quantitative estimate of drug-likeness (QED) is 0.365. The molecule has 3 aromatic carbocycles. The number of hydrogen-bond acceptors (Lipinski definition) is 3. The molecule has 1 N–H and O–H groups in total. The number of rotatable bonds is 5. The lowest BCUT2D eigenvalue weighted by Gasteiger charge is -2.26. The molecule has 1 aliphatic heterocycles. The molecule has 5 nitrogen and oxygen atoms in total. The van der Waals surface area contributed by atoms with Crippen molar-refractivity contribution >= 4 is 27.5 Å². The molecule has 2 heterocycles. The molecule has 1 aliphatic rings. The highest BCUT2D eigenvalue weighted by Gasteiger charge is 2.44. The Kier molecular flexibility index (Phi) is 5.27. The third-order valence-electron chi connectivity index (χ3n) is 5.51. The van der Waals surface area contributed by atoms with Crippen LogP contribution >= 0.6 is 15.9 Å². The predicted octanol–water partition coefficient (Wildman–Crippen LogP) is 6.13. The molecule has 0 radical (unpaired) electrons. The first-order chi connectivity index (χ1) is 15.6. The Bertz CT molecular complexity index is 1290. The van der Waals surface area contributed by atoms with Gasteiger partial charge in [0.15, 0.2) is 0 Å². The SMILES string of the molecule is CCOc1ccc(-c2n[nH]c3c2C(c2ccccc2F)N(c2ccc(Br)cc2)C3=O)cc1. The van der Waals surface area contributed by atoms with Crippen molar-refractivity contribution in [3.8, 4) is 17.0 Å². The van der Waals surface area contributed by atoms with Crippen LogP contribution in [-0.2, 0) is 0 Å². The Hall–Kier alpha value is -3.45. The molecular formula is C25H19BrFN3O2. The van der Waals surface area contributed by atoms with E-state index >= 15 is 4.39 Å². The van der Waals surface area contributed by atoms with Crippen LogP contribution in [0.3, 0.4) is 0 Å². The first-order valence-corrected chi connectivity index (χ1v) is 11.0. The average Bonchev–Trinajstić information content (AvgIpc) is 3.35. The van der Waals surface area contributed by atoms with E-state index in [-0.39, 0.29) is 11.7 Å². The summed E-state index contributed by atoms with van der Waals surface area (Å²) in [6, 6.07) is 20.8. The van der Waals surface area contributed by atoms with Gasteiger partial charge in [-0.2, -0.15) is 5.10 Å². The van der Waals surface area contributed by atoms with E-state index < -0.39 is 6.04 Å². The maximum atomic E-state index is 15.0. The Balaban J connectivity index is 1.68. The molecule has 0 bridgehead atoms. The third kappa shape index (κ3) is 3.39. The number of nitrogens with one attached hydrogen (secondary N) is 1. The van der Waals surface area contributed by atoms with Gasteiger partial charge in [-0.3, -0.25) is 14.8 Å². The van der Waals surface area contributed by atoms with Crippen molar-refractivity contribution in [2.75, 3.05) is 11.5 Å². The van der Waals surface area contributed by atoms with Crippen LogP contribution in [0.2, 0.25) is 0 Å². The predicted molar refractivity (Wildman–Crippen MR) is 124 cm³/mol. The second-order valence-corrected chi connectivity index (χ2v) is 8.31. The molecule has 0 saturated carbocycles. The summed E-state index contributed by atoms with van der Waals surface area (Å²) < 4.78 is 21.4. The van der Waals surface area contributed by atoms with Gasteiger partial charge in [0.1, 0.15) is 17.3 Å². The van der Waals surface area contributed by atoms with Gasteiger partial charge in [-0.15, -0.1) is 0 Å². The van der Waals surface area contributed by atoms with Gasteiger partial charge in [-0.25, -0.2) is 4.39 Å². The summed E-state index contributed by atoms with van der Waals surface area (Å²) in [7, 11) is 0. The van der Waals surface area contributed by atoms with Crippen LogP contribution in [-0.4, -0.2) is 22.7 Å². The summed E-state index contributed by atoms with van der Waals surface area (Å²) in [6.07, 6.45) is 0. The zero-order valence-corrected chi connectivity index (χ0v) is 18.8. The summed E-state index contributed by atoms with van der Waals surface area (Å²) >= 11 is 3.43. The fourth-order valence-corrected chi connectivity index (χ4v) is 4.37. The number of hydrogen-bond donors (Lipinski definition) is 1. The normalized spacial score (nSPS) is 15.2. The summed E-state index contributed by atoms with van der Waals surface area (Å²) in [4.78, 5) is 15.1. The second kappa shape index (κ2) is 8.24. The van der Waals surface area contributed by atoms with E-state index in [2.05, 4.69) is 26.1 Å². The van der Waals surface area contributed by atoms with Crippen molar-refractivity contribution in [3.05, 3.63) is 99.9 Å². The van der Waals surface area contributed by atoms with Gasteiger partial charge >= 0.3 is 0 Å². The van der Waals surface area contributed by atoms with Gasteiger partial charge < -0.3 is 4.74 Å². The molecule has 4 aromatic rings. The first-order valence-electron chi connectivity index (χ1n) is 10.2. The highest BCUT2D eigenvalue weighted by atomic mass is 79.9. The summed E-state index contributed by atoms with van der Waals surface area (Å²) in [5.41, 5.74) is 3.55. The number of ether oxygens (including phenoxy) is 1. The molecular weight excluding hydrogens is 473 g/mol. The Morgan fingerprint density at radius 2 is 1.78 bits per heavy atom. The zero-order valence-electron chi connectivity index (χ0n) is 17.2. The lowest BCUT2D eigenvalue weighted by molar-refractivity contribution is 0.0988. The van der Waals surface area contributed by atoms with Gasteiger partial charge in [0.05, 0.1) is 18.3 Å². The Morgan fingerprint density at radius 3 is 2.47 bits per heavy atom. The number of halogens is 2. The lowest BCUT2D eigenvalue weighted by Crippen LogP contribution is -2.29. The second-order valence-electron chi connectivity index (χ2n) is 7.39. The number of H-pyrrole nitrogens is 1. The number of fused-ring (bicyclic) bond motifs is 1. The van der Waals surface area contributed by atoms with E-state index in [1.54, 1.807) is 23.1 Å². The summed E-state index contributed by atoms with van der Waals surface area (Å²) in [5, 5.41) is 7.34. The lowest BCUT2D eigenvalue weighted by atomic mass is 9.95. The van der Waals surface area contributed by atoms with Gasteiger partial charge in [-0.05, 0) is 61.5 Å². The molecule has 0 aliphatic carbocycles.